The van der Waals surface area contributed by atoms with E-state index in [-0.39, 0.29) is 5.82 Å². The fourth-order valence-electron chi connectivity index (χ4n) is 2.65. The van der Waals surface area contributed by atoms with E-state index < -0.39 is 5.97 Å². The molecule has 4 nitrogen and oxygen atoms in total. The Morgan fingerprint density at radius 1 is 1.00 bits per heavy atom. The largest absolute Gasteiger partial charge is 0.493 e. The van der Waals surface area contributed by atoms with E-state index in [1.807, 2.05) is 12.1 Å². The standard InChI is InChI=1S/C21H14FNO3S/c1-25-17-9-7-14(20-23-16-12-15(22)8-10-19(16)27-20)11-18(17)26-21(24)13-5-3-2-4-6-13/h2-12H,1H3. The fourth-order valence-corrected chi connectivity index (χ4v) is 3.59. The van der Waals surface area contributed by atoms with Crippen molar-refractivity contribution in [2.75, 3.05) is 7.11 Å². The highest BCUT2D eigenvalue weighted by Crippen LogP contribution is 2.36. The first kappa shape index (κ1) is 17.2. The summed E-state index contributed by atoms with van der Waals surface area (Å²) in [4.78, 5) is 16.9. The number of esters is 1. The van der Waals surface area contributed by atoms with Crippen LogP contribution in [0.2, 0.25) is 0 Å². The van der Waals surface area contributed by atoms with Gasteiger partial charge in [-0.05, 0) is 42.5 Å². The van der Waals surface area contributed by atoms with Crippen molar-refractivity contribution in [2.45, 2.75) is 0 Å². The van der Waals surface area contributed by atoms with Crippen LogP contribution in [0.25, 0.3) is 20.8 Å². The molecule has 1 aromatic heterocycles. The maximum atomic E-state index is 13.4. The molecular weight excluding hydrogens is 365 g/mol. The average molecular weight is 379 g/mol. The van der Waals surface area contributed by atoms with Crippen molar-refractivity contribution in [2.24, 2.45) is 0 Å². The molecule has 0 aliphatic carbocycles. The Morgan fingerprint density at radius 2 is 1.81 bits per heavy atom. The number of thiazole rings is 1. The van der Waals surface area contributed by atoms with Crippen LogP contribution in [-0.2, 0) is 0 Å². The number of methoxy groups -OCH3 is 1. The minimum Gasteiger partial charge on any atom is -0.493 e. The third-order valence-corrected chi connectivity index (χ3v) is 5.06. The van der Waals surface area contributed by atoms with Gasteiger partial charge in [0.25, 0.3) is 0 Å². The van der Waals surface area contributed by atoms with Gasteiger partial charge in [-0.1, -0.05) is 18.2 Å². The van der Waals surface area contributed by atoms with Gasteiger partial charge in [0.2, 0.25) is 0 Å². The summed E-state index contributed by atoms with van der Waals surface area (Å²) in [5, 5.41) is 0.704. The molecule has 0 atom stereocenters. The number of fused-ring (bicyclic) bond motifs is 1. The Hall–Kier alpha value is -3.25. The number of carbonyl (C=O) groups is 1. The van der Waals surface area contributed by atoms with Crippen molar-refractivity contribution >= 4 is 27.5 Å². The van der Waals surface area contributed by atoms with E-state index in [1.165, 1.54) is 30.6 Å². The van der Waals surface area contributed by atoms with E-state index >= 15 is 0 Å². The van der Waals surface area contributed by atoms with Crippen LogP contribution >= 0.6 is 11.3 Å². The first-order valence-corrected chi connectivity index (χ1v) is 8.97. The second-order valence-corrected chi connectivity index (χ2v) is 6.78. The van der Waals surface area contributed by atoms with Crippen LogP contribution in [0.3, 0.4) is 0 Å². The van der Waals surface area contributed by atoms with E-state index in [9.17, 15) is 9.18 Å². The Bertz CT molecular complexity index is 1120. The van der Waals surface area contributed by atoms with Gasteiger partial charge >= 0.3 is 5.97 Å². The molecule has 1 heterocycles. The van der Waals surface area contributed by atoms with Gasteiger partial charge < -0.3 is 9.47 Å². The Balaban J connectivity index is 1.70. The second kappa shape index (κ2) is 7.17. The van der Waals surface area contributed by atoms with Crippen molar-refractivity contribution in [3.05, 3.63) is 78.1 Å². The van der Waals surface area contributed by atoms with Crippen LogP contribution in [-0.4, -0.2) is 18.1 Å². The maximum absolute atomic E-state index is 13.4. The number of carbonyl (C=O) groups excluding carboxylic acids is 1. The molecule has 6 heteroatoms. The summed E-state index contributed by atoms with van der Waals surface area (Å²) in [5.41, 5.74) is 1.79. The minimum absolute atomic E-state index is 0.300. The summed E-state index contributed by atoms with van der Waals surface area (Å²) < 4.78 is 25.1. The summed E-state index contributed by atoms with van der Waals surface area (Å²) in [7, 11) is 1.51. The lowest BCUT2D eigenvalue weighted by molar-refractivity contribution is 0.0730. The van der Waals surface area contributed by atoms with Crippen LogP contribution in [0.5, 0.6) is 11.5 Å². The molecule has 0 unspecified atom stereocenters. The SMILES string of the molecule is COc1ccc(-c2nc3cc(F)ccc3s2)cc1OC(=O)c1ccccc1. The lowest BCUT2D eigenvalue weighted by atomic mass is 10.2. The molecule has 0 fully saturated rings. The van der Waals surface area contributed by atoms with Gasteiger partial charge in [0, 0.05) is 11.6 Å². The van der Waals surface area contributed by atoms with Crippen LogP contribution in [0.1, 0.15) is 10.4 Å². The highest BCUT2D eigenvalue weighted by molar-refractivity contribution is 7.21. The van der Waals surface area contributed by atoms with Crippen molar-refractivity contribution in [3.8, 4) is 22.1 Å². The smallest absolute Gasteiger partial charge is 0.343 e. The topological polar surface area (TPSA) is 48.4 Å². The summed E-state index contributed by atoms with van der Waals surface area (Å²) in [6.45, 7) is 0. The van der Waals surface area contributed by atoms with E-state index in [0.29, 0.717) is 27.6 Å². The summed E-state index contributed by atoms with van der Waals surface area (Å²) >= 11 is 1.44. The maximum Gasteiger partial charge on any atom is 0.343 e. The van der Waals surface area contributed by atoms with E-state index in [2.05, 4.69) is 4.98 Å². The molecule has 0 saturated carbocycles. The fraction of sp³-hybridized carbons (Fsp3) is 0.0476. The van der Waals surface area contributed by atoms with Gasteiger partial charge in [-0.15, -0.1) is 11.3 Å². The molecule has 0 bridgehead atoms. The average Bonchev–Trinajstić information content (AvgIpc) is 3.11. The summed E-state index contributed by atoms with van der Waals surface area (Å²) in [5.74, 6) is -0.0616. The van der Waals surface area contributed by atoms with Gasteiger partial charge in [-0.25, -0.2) is 14.2 Å². The van der Waals surface area contributed by atoms with Gasteiger partial charge in [-0.3, -0.25) is 0 Å². The molecule has 3 aromatic carbocycles. The van der Waals surface area contributed by atoms with Crippen LogP contribution in [0.15, 0.2) is 66.7 Å². The van der Waals surface area contributed by atoms with E-state index in [4.69, 9.17) is 9.47 Å². The van der Waals surface area contributed by atoms with Gasteiger partial charge in [0.15, 0.2) is 11.5 Å². The number of aromatic nitrogens is 1. The highest BCUT2D eigenvalue weighted by Gasteiger charge is 2.15. The lowest BCUT2D eigenvalue weighted by Crippen LogP contribution is -2.09. The van der Waals surface area contributed by atoms with Crippen LogP contribution in [0, 0.1) is 5.82 Å². The number of nitrogens with zero attached hydrogens (tertiary/aromatic N) is 1. The first-order valence-electron chi connectivity index (χ1n) is 8.16. The number of ether oxygens (including phenoxy) is 2. The van der Waals surface area contributed by atoms with Crippen LogP contribution < -0.4 is 9.47 Å². The quantitative estimate of drug-likeness (QED) is 0.355. The number of benzene rings is 3. The van der Waals surface area contributed by atoms with Gasteiger partial charge in [0.1, 0.15) is 10.8 Å². The number of hydrogen-bond acceptors (Lipinski definition) is 5. The number of halogens is 1. The zero-order valence-corrected chi connectivity index (χ0v) is 15.1. The predicted molar refractivity (Wildman–Crippen MR) is 103 cm³/mol. The van der Waals surface area contributed by atoms with Crippen molar-refractivity contribution < 1.29 is 18.7 Å². The van der Waals surface area contributed by atoms with Crippen LogP contribution in [0.4, 0.5) is 4.39 Å². The second-order valence-electron chi connectivity index (χ2n) is 5.75. The minimum atomic E-state index is -0.475. The van der Waals surface area contributed by atoms with E-state index in [1.54, 1.807) is 42.5 Å². The zero-order valence-electron chi connectivity index (χ0n) is 14.3. The van der Waals surface area contributed by atoms with E-state index in [0.717, 1.165) is 10.3 Å². The Kier molecular flexibility index (Phi) is 4.56. The lowest BCUT2D eigenvalue weighted by Gasteiger charge is -2.10. The molecule has 0 amide bonds. The monoisotopic (exact) mass is 379 g/mol. The Labute approximate surface area is 158 Å². The summed E-state index contributed by atoms with van der Waals surface area (Å²) in [6.07, 6.45) is 0. The number of rotatable bonds is 4. The molecule has 0 aliphatic heterocycles. The molecule has 27 heavy (non-hydrogen) atoms. The molecule has 0 radical (unpaired) electrons. The molecule has 0 aliphatic rings. The molecule has 4 aromatic rings. The normalized spacial score (nSPS) is 10.7. The van der Waals surface area contributed by atoms with Gasteiger partial charge in [0.05, 0.1) is 22.9 Å². The summed E-state index contributed by atoms with van der Waals surface area (Å²) in [6, 6.07) is 18.5. The first-order chi connectivity index (χ1) is 13.1. The highest BCUT2D eigenvalue weighted by atomic mass is 32.1. The molecule has 0 N–H and O–H groups in total. The molecular formula is C21H14FNO3S. The third-order valence-electron chi connectivity index (χ3n) is 3.97. The van der Waals surface area contributed by atoms with Crippen molar-refractivity contribution in [3.63, 3.8) is 0 Å². The Morgan fingerprint density at radius 3 is 2.59 bits per heavy atom. The van der Waals surface area contributed by atoms with Gasteiger partial charge in [-0.2, -0.15) is 0 Å². The predicted octanol–water partition coefficient (Wildman–Crippen LogP) is 5.33. The molecule has 4 rings (SSSR count). The third kappa shape index (κ3) is 3.52. The van der Waals surface area contributed by atoms with Crippen molar-refractivity contribution in [1.82, 2.24) is 4.98 Å². The molecule has 0 saturated heterocycles. The molecule has 134 valence electrons. The molecule has 0 spiro atoms. The zero-order chi connectivity index (χ0) is 18.8. The van der Waals surface area contributed by atoms with Crippen molar-refractivity contribution in [1.29, 1.82) is 0 Å². The number of hydrogen-bond donors (Lipinski definition) is 0.